The summed E-state index contributed by atoms with van der Waals surface area (Å²) in [5.41, 5.74) is 1.08. The third-order valence-corrected chi connectivity index (χ3v) is 2.58. The number of aromatic nitrogens is 1. The standard InChI is InChI=1S/C9H12N2O2/c12-9(13)8-5-11-4-7(8)6-1-2-10-3-6/h1-3,7-8,10-11H,4-5H2,(H,12,13). The monoisotopic (exact) mass is 180 g/mol. The third kappa shape index (κ3) is 1.45. The van der Waals surface area contributed by atoms with Crippen LogP contribution in [0, 0.1) is 5.92 Å². The Morgan fingerprint density at radius 3 is 3.00 bits per heavy atom. The number of carbonyl (C=O) groups is 1. The number of aliphatic carboxylic acids is 1. The first-order valence-corrected chi connectivity index (χ1v) is 4.35. The lowest BCUT2D eigenvalue weighted by atomic mass is 9.91. The lowest BCUT2D eigenvalue weighted by Gasteiger charge is -2.12. The second-order valence-corrected chi connectivity index (χ2v) is 3.35. The molecule has 1 saturated heterocycles. The van der Waals surface area contributed by atoms with Crippen molar-refractivity contribution >= 4 is 5.97 Å². The van der Waals surface area contributed by atoms with Gasteiger partial charge in [-0.2, -0.15) is 0 Å². The maximum atomic E-state index is 10.9. The van der Waals surface area contributed by atoms with E-state index in [9.17, 15) is 4.79 Å². The van der Waals surface area contributed by atoms with Crippen LogP contribution in [-0.4, -0.2) is 29.1 Å². The van der Waals surface area contributed by atoms with Crippen LogP contribution in [0.15, 0.2) is 18.5 Å². The van der Waals surface area contributed by atoms with Crippen LogP contribution in [0.1, 0.15) is 11.5 Å². The van der Waals surface area contributed by atoms with Crippen LogP contribution < -0.4 is 5.32 Å². The van der Waals surface area contributed by atoms with E-state index in [2.05, 4.69) is 10.3 Å². The van der Waals surface area contributed by atoms with Gasteiger partial charge in [-0.25, -0.2) is 0 Å². The zero-order chi connectivity index (χ0) is 9.26. The molecule has 3 N–H and O–H groups in total. The summed E-state index contributed by atoms with van der Waals surface area (Å²) in [6, 6.07) is 1.94. The molecule has 1 aliphatic heterocycles. The van der Waals surface area contributed by atoms with Crippen molar-refractivity contribution in [1.29, 1.82) is 0 Å². The van der Waals surface area contributed by atoms with Crippen LogP contribution in [-0.2, 0) is 4.79 Å². The van der Waals surface area contributed by atoms with Crippen LogP contribution in [0.3, 0.4) is 0 Å². The van der Waals surface area contributed by atoms with Gasteiger partial charge < -0.3 is 15.4 Å². The topological polar surface area (TPSA) is 65.1 Å². The summed E-state index contributed by atoms with van der Waals surface area (Å²) in [7, 11) is 0. The summed E-state index contributed by atoms with van der Waals surface area (Å²) in [6.45, 7) is 1.33. The molecule has 0 aromatic carbocycles. The fourth-order valence-corrected chi connectivity index (χ4v) is 1.86. The molecule has 4 nitrogen and oxygen atoms in total. The van der Waals surface area contributed by atoms with Crippen molar-refractivity contribution in [2.24, 2.45) is 5.92 Å². The summed E-state index contributed by atoms with van der Waals surface area (Å²) in [5, 5.41) is 12.0. The van der Waals surface area contributed by atoms with Crippen LogP contribution in [0.25, 0.3) is 0 Å². The Bertz CT molecular complexity index is 295. The fraction of sp³-hybridized carbons (Fsp3) is 0.444. The molecule has 0 bridgehead atoms. The molecule has 4 heteroatoms. The largest absolute Gasteiger partial charge is 0.481 e. The molecule has 0 spiro atoms. The Morgan fingerprint density at radius 1 is 1.54 bits per heavy atom. The SMILES string of the molecule is O=C(O)C1CNCC1c1cc[nH]c1. The van der Waals surface area contributed by atoms with E-state index in [0.29, 0.717) is 6.54 Å². The van der Waals surface area contributed by atoms with Crippen molar-refractivity contribution in [2.45, 2.75) is 5.92 Å². The molecule has 0 aliphatic carbocycles. The Morgan fingerprint density at radius 2 is 2.38 bits per heavy atom. The van der Waals surface area contributed by atoms with Gasteiger partial charge in [0.1, 0.15) is 0 Å². The predicted molar refractivity (Wildman–Crippen MR) is 47.5 cm³/mol. The number of H-pyrrole nitrogens is 1. The van der Waals surface area contributed by atoms with Crippen molar-refractivity contribution in [3.8, 4) is 0 Å². The molecule has 2 rings (SSSR count). The van der Waals surface area contributed by atoms with Crippen LogP contribution in [0.4, 0.5) is 0 Å². The molecular weight excluding hydrogens is 168 g/mol. The number of hydrogen-bond acceptors (Lipinski definition) is 2. The number of carboxylic acids is 1. The second-order valence-electron chi connectivity index (χ2n) is 3.35. The molecule has 2 unspecified atom stereocenters. The first-order chi connectivity index (χ1) is 6.29. The molecule has 1 aliphatic rings. The average Bonchev–Trinajstić information content (AvgIpc) is 2.74. The van der Waals surface area contributed by atoms with Gasteiger partial charge in [0.2, 0.25) is 0 Å². The van der Waals surface area contributed by atoms with E-state index in [-0.39, 0.29) is 11.8 Å². The summed E-state index contributed by atoms with van der Waals surface area (Å²) in [4.78, 5) is 13.8. The van der Waals surface area contributed by atoms with Gasteiger partial charge in [0.15, 0.2) is 0 Å². The first kappa shape index (κ1) is 8.31. The molecule has 2 atom stereocenters. The van der Waals surface area contributed by atoms with Gasteiger partial charge in [-0.15, -0.1) is 0 Å². The van der Waals surface area contributed by atoms with Gasteiger partial charge in [0.25, 0.3) is 0 Å². The van der Waals surface area contributed by atoms with Crippen molar-refractivity contribution in [3.05, 3.63) is 24.0 Å². The van der Waals surface area contributed by atoms with Gasteiger partial charge in [-0.05, 0) is 11.6 Å². The maximum Gasteiger partial charge on any atom is 0.308 e. The minimum atomic E-state index is -0.712. The number of rotatable bonds is 2. The van der Waals surface area contributed by atoms with Crippen LogP contribution in [0.5, 0.6) is 0 Å². The molecule has 1 fully saturated rings. The molecule has 0 amide bonds. The number of aromatic amines is 1. The van der Waals surface area contributed by atoms with E-state index in [1.165, 1.54) is 0 Å². The third-order valence-electron chi connectivity index (χ3n) is 2.58. The second kappa shape index (κ2) is 3.22. The van der Waals surface area contributed by atoms with Gasteiger partial charge in [0.05, 0.1) is 5.92 Å². The molecule has 13 heavy (non-hydrogen) atoms. The van der Waals surface area contributed by atoms with Crippen molar-refractivity contribution < 1.29 is 9.90 Å². The zero-order valence-electron chi connectivity index (χ0n) is 7.16. The molecule has 70 valence electrons. The minimum absolute atomic E-state index is 0.115. The minimum Gasteiger partial charge on any atom is -0.481 e. The van der Waals surface area contributed by atoms with E-state index in [4.69, 9.17) is 5.11 Å². The van der Waals surface area contributed by atoms with Gasteiger partial charge >= 0.3 is 5.97 Å². The Balaban J connectivity index is 2.19. The molecule has 2 heterocycles. The molecule has 1 aromatic rings. The highest BCUT2D eigenvalue weighted by Crippen LogP contribution is 2.27. The average molecular weight is 180 g/mol. The Labute approximate surface area is 76.0 Å². The summed E-state index contributed by atoms with van der Waals surface area (Å²) < 4.78 is 0. The van der Waals surface area contributed by atoms with Crippen molar-refractivity contribution in [3.63, 3.8) is 0 Å². The zero-order valence-corrected chi connectivity index (χ0v) is 7.16. The molecule has 1 aromatic heterocycles. The molecule has 0 saturated carbocycles. The summed E-state index contributed by atoms with van der Waals surface area (Å²) in [6.07, 6.45) is 3.69. The van der Waals surface area contributed by atoms with Crippen LogP contribution in [0.2, 0.25) is 0 Å². The smallest absolute Gasteiger partial charge is 0.308 e. The number of nitrogens with one attached hydrogen (secondary N) is 2. The Hall–Kier alpha value is -1.29. The quantitative estimate of drug-likeness (QED) is 0.617. The molecular formula is C9H12N2O2. The van der Waals surface area contributed by atoms with Crippen LogP contribution >= 0.6 is 0 Å². The lowest BCUT2D eigenvalue weighted by molar-refractivity contribution is -0.141. The Kier molecular flexibility index (Phi) is 2.06. The van der Waals surface area contributed by atoms with E-state index < -0.39 is 5.97 Å². The summed E-state index contributed by atoms with van der Waals surface area (Å²) >= 11 is 0. The highest BCUT2D eigenvalue weighted by molar-refractivity contribution is 5.72. The van der Waals surface area contributed by atoms with Gasteiger partial charge in [-0.3, -0.25) is 4.79 Å². The highest BCUT2D eigenvalue weighted by Gasteiger charge is 2.33. The normalized spacial score (nSPS) is 27.7. The van der Waals surface area contributed by atoms with Crippen molar-refractivity contribution in [1.82, 2.24) is 10.3 Å². The highest BCUT2D eigenvalue weighted by atomic mass is 16.4. The summed E-state index contributed by atoms with van der Waals surface area (Å²) in [5.74, 6) is -0.879. The van der Waals surface area contributed by atoms with Crippen molar-refractivity contribution in [2.75, 3.05) is 13.1 Å². The van der Waals surface area contributed by atoms with E-state index in [1.807, 2.05) is 18.5 Å². The number of carboxylic acid groups (broad SMARTS) is 1. The van der Waals surface area contributed by atoms with Gasteiger partial charge in [0, 0.05) is 31.4 Å². The van der Waals surface area contributed by atoms with Gasteiger partial charge in [-0.1, -0.05) is 0 Å². The van der Waals surface area contributed by atoms with E-state index in [0.717, 1.165) is 12.1 Å². The van der Waals surface area contributed by atoms with E-state index in [1.54, 1.807) is 0 Å². The fourth-order valence-electron chi connectivity index (χ4n) is 1.86. The lowest BCUT2D eigenvalue weighted by Crippen LogP contribution is -2.20. The predicted octanol–water partition coefficient (Wildman–Crippen LogP) is 0.402. The van der Waals surface area contributed by atoms with E-state index >= 15 is 0 Å². The molecule has 0 radical (unpaired) electrons. The maximum absolute atomic E-state index is 10.9. The first-order valence-electron chi connectivity index (χ1n) is 4.35. The number of hydrogen-bond donors (Lipinski definition) is 3.